The number of hydrogen-bond donors (Lipinski definition) is 2. The van der Waals surface area contributed by atoms with Gasteiger partial charge in [-0.3, -0.25) is 19.3 Å². The second kappa shape index (κ2) is 12.2. The Morgan fingerprint density at radius 1 is 1.00 bits per heavy atom. The van der Waals surface area contributed by atoms with Gasteiger partial charge in [-0.15, -0.1) is 12.4 Å². The summed E-state index contributed by atoms with van der Waals surface area (Å²) >= 11 is 0. The Hall–Kier alpha value is -3.56. The lowest BCUT2D eigenvalue weighted by Crippen LogP contribution is -2.47. The minimum absolute atomic E-state index is 0. The number of Topliss-reactive ketones (excluding diaryl/α,β-unsaturated/α-hetero) is 1. The molecular formula is C25H29ClN6O3. The van der Waals surface area contributed by atoms with E-state index in [0.29, 0.717) is 5.82 Å². The van der Waals surface area contributed by atoms with Crippen LogP contribution < -0.4 is 11.1 Å². The second-order valence-corrected chi connectivity index (χ2v) is 8.41. The quantitative estimate of drug-likeness (QED) is 0.437. The van der Waals surface area contributed by atoms with Crippen molar-refractivity contribution in [3.05, 3.63) is 77.7 Å². The third-order valence-corrected chi connectivity index (χ3v) is 5.87. The van der Waals surface area contributed by atoms with Gasteiger partial charge in [-0.25, -0.2) is 9.67 Å². The first kappa shape index (κ1) is 26.1. The molecule has 0 bridgehead atoms. The number of piperidine rings is 1. The number of rotatable bonds is 9. The maximum Gasteiger partial charge on any atom is 0.287 e. The molecule has 2 amide bonds. The lowest BCUT2D eigenvalue weighted by atomic mass is 10.0. The summed E-state index contributed by atoms with van der Waals surface area (Å²) < 4.78 is 1.57. The lowest BCUT2D eigenvalue weighted by molar-refractivity contribution is -0.137. The molecule has 0 spiro atoms. The lowest BCUT2D eigenvalue weighted by Gasteiger charge is -2.25. The van der Waals surface area contributed by atoms with Crippen LogP contribution in [0.4, 0.5) is 0 Å². The number of pyridine rings is 1. The number of primary amides is 1. The van der Waals surface area contributed by atoms with E-state index in [1.807, 2.05) is 36.4 Å². The van der Waals surface area contributed by atoms with Gasteiger partial charge in [0.2, 0.25) is 5.78 Å². The van der Waals surface area contributed by atoms with Gasteiger partial charge in [0.25, 0.3) is 11.8 Å². The Morgan fingerprint density at radius 3 is 2.46 bits per heavy atom. The first-order valence-corrected chi connectivity index (χ1v) is 11.4. The van der Waals surface area contributed by atoms with Crippen molar-refractivity contribution in [1.82, 2.24) is 25.0 Å². The van der Waals surface area contributed by atoms with Gasteiger partial charge in [-0.05, 0) is 49.7 Å². The molecular weight excluding hydrogens is 468 g/mol. The molecule has 1 unspecified atom stereocenters. The summed E-state index contributed by atoms with van der Waals surface area (Å²) in [7, 11) is 0. The van der Waals surface area contributed by atoms with E-state index in [1.165, 1.54) is 19.3 Å². The Labute approximate surface area is 210 Å². The number of carbonyl (C=O) groups is 3. The molecule has 9 nitrogen and oxygen atoms in total. The number of carbonyl (C=O) groups excluding carboxylic acids is 3. The van der Waals surface area contributed by atoms with E-state index >= 15 is 0 Å². The zero-order chi connectivity index (χ0) is 23.9. The molecule has 0 radical (unpaired) electrons. The number of halogens is 1. The topological polar surface area (TPSA) is 123 Å². The third kappa shape index (κ3) is 6.74. The zero-order valence-electron chi connectivity index (χ0n) is 19.3. The Kier molecular flexibility index (Phi) is 9.11. The molecule has 1 aliphatic rings. The maximum absolute atomic E-state index is 13.2. The molecule has 10 heteroatoms. The highest BCUT2D eigenvalue weighted by Gasteiger charge is 2.27. The summed E-state index contributed by atoms with van der Waals surface area (Å²) in [6.07, 6.45) is 7.15. The predicted octanol–water partition coefficient (Wildman–Crippen LogP) is 2.07. The van der Waals surface area contributed by atoms with Crippen molar-refractivity contribution in [3.63, 3.8) is 0 Å². The molecule has 1 atom stereocenters. The smallest absolute Gasteiger partial charge is 0.287 e. The van der Waals surface area contributed by atoms with Crippen LogP contribution in [-0.4, -0.2) is 56.4 Å². The molecule has 1 fully saturated rings. The van der Waals surface area contributed by atoms with Crippen molar-refractivity contribution in [2.75, 3.05) is 13.1 Å². The number of nitrogens with two attached hydrogens (primary N) is 1. The average Bonchev–Trinajstić information content (AvgIpc) is 3.32. The van der Waals surface area contributed by atoms with E-state index in [0.717, 1.165) is 30.9 Å². The molecule has 1 aliphatic heterocycles. The van der Waals surface area contributed by atoms with Crippen LogP contribution >= 0.6 is 12.4 Å². The van der Waals surface area contributed by atoms with E-state index < -0.39 is 23.6 Å². The summed E-state index contributed by atoms with van der Waals surface area (Å²) in [5.74, 6) is -2.14. The van der Waals surface area contributed by atoms with Gasteiger partial charge in [-0.2, -0.15) is 5.10 Å². The second-order valence-electron chi connectivity index (χ2n) is 8.41. The Morgan fingerprint density at radius 2 is 1.74 bits per heavy atom. The number of likely N-dealkylation sites (tertiary alicyclic amines) is 1. The first-order valence-electron chi connectivity index (χ1n) is 11.4. The molecule has 3 aromatic rings. The SMILES string of the molecule is Cl.NC(=O)C(=O)C(Cc1ccccc1)NC(=O)c1cccnc1-n1ccc(CN2CCCCC2)n1. The van der Waals surface area contributed by atoms with E-state index in [9.17, 15) is 14.4 Å². The van der Waals surface area contributed by atoms with E-state index in [1.54, 1.807) is 29.2 Å². The number of nitrogens with one attached hydrogen (secondary N) is 1. The van der Waals surface area contributed by atoms with Gasteiger partial charge in [0, 0.05) is 25.4 Å². The Balaban J connectivity index is 0.00000342. The van der Waals surface area contributed by atoms with Gasteiger partial charge in [0.05, 0.1) is 11.3 Å². The van der Waals surface area contributed by atoms with Gasteiger partial charge < -0.3 is 11.1 Å². The standard InChI is InChI=1S/C25H28N6O3.ClH/c26-23(33)22(32)21(16-18-8-3-1-4-9-18)28-25(34)20-10-7-12-27-24(20)31-15-11-19(29-31)17-30-13-5-2-6-14-30;/h1,3-4,7-12,15,21H,2,5-6,13-14,16-17H2,(H2,26,33)(H,28,34);1H. The number of hydrogen-bond acceptors (Lipinski definition) is 6. The molecule has 2 aromatic heterocycles. The van der Waals surface area contributed by atoms with Crippen LogP contribution in [0.15, 0.2) is 60.9 Å². The van der Waals surface area contributed by atoms with Crippen molar-refractivity contribution in [3.8, 4) is 5.82 Å². The summed E-state index contributed by atoms with van der Waals surface area (Å²) in [6, 6.07) is 13.2. The molecule has 3 heterocycles. The highest BCUT2D eigenvalue weighted by molar-refractivity contribution is 6.38. The number of nitrogens with zero attached hydrogens (tertiary/aromatic N) is 4. The van der Waals surface area contributed by atoms with Gasteiger partial charge in [-0.1, -0.05) is 36.8 Å². The number of amides is 2. The fourth-order valence-electron chi connectivity index (χ4n) is 4.13. The average molecular weight is 497 g/mol. The molecule has 35 heavy (non-hydrogen) atoms. The summed E-state index contributed by atoms with van der Waals surface area (Å²) in [6.45, 7) is 2.86. The van der Waals surface area contributed by atoms with Crippen LogP contribution in [0.25, 0.3) is 5.82 Å². The van der Waals surface area contributed by atoms with Gasteiger partial charge in [0.15, 0.2) is 5.82 Å². The highest BCUT2D eigenvalue weighted by Crippen LogP contribution is 2.15. The summed E-state index contributed by atoms with van der Waals surface area (Å²) in [4.78, 5) is 43.9. The largest absolute Gasteiger partial charge is 0.363 e. The van der Waals surface area contributed by atoms with E-state index in [2.05, 4.69) is 20.3 Å². The van der Waals surface area contributed by atoms with Crippen LogP contribution in [0, 0.1) is 0 Å². The number of aromatic nitrogens is 3. The van der Waals surface area contributed by atoms with E-state index in [4.69, 9.17) is 5.73 Å². The van der Waals surface area contributed by atoms with Gasteiger partial charge >= 0.3 is 0 Å². The summed E-state index contributed by atoms with van der Waals surface area (Å²) in [5.41, 5.74) is 7.16. The van der Waals surface area contributed by atoms with Crippen LogP contribution in [-0.2, 0) is 22.6 Å². The van der Waals surface area contributed by atoms with Crippen molar-refractivity contribution < 1.29 is 14.4 Å². The van der Waals surface area contributed by atoms with Gasteiger partial charge in [0.1, 0.15) is 6.04 Å². The van der Waals surface area contributed by atoms with Crippen LogP contribution in [0.5, 0.6) is 0 Å². The Bertz CT molecular complexity index is 1160. The van der Waals surface area contributed by atoms with Crippen molar-refractivity contribution in [2.45, 2.75) is 38.3 Å². The molecule has 3 N–H and O–H groups in total. The monoisotopic (exact) mass is 496 g/mol. The fourth-order valence-corrected chi connectivity index (χ4v) is 4.13. The summed E-state index contributed by atoms with van der Waals surface area (Å²) in [5, 5.41) is 7.29. The molecule has 4 rings (SSSR count). The normalized spacial score (nSPS) is 14.5. The van der Waals surface area contributed by atoms with Crippen molar-refractivity contribution in [1.29, 1.82) is 0 Å². The maximum atomic E-state index is 13.2. The molecule has 0 saturated carbocycles. The molecule has 184 valence electrons. The first-order chi connectivity index (χ1) is 16.5. The minimum Gasteiger partial charge on any atom is -0.363 e. The van der Waals surface area contributed by atoms with Crippen molar-refractivity contribution >= 4 is 30.0 Å². The molecule has 1 saturated heterocycles. The van der Waals surface area contributed by atoms with Crippen LogP contribution in [0.3, 0.4) is 0 Å². The minimum atomic E-state index is -1.10. The zero-order valence-corrected chi connectivity index (χ0v) is 20.1. The molecule has 0 aliphatic carbocycles. The highest BCUT2D eigenvalue weighted by atomic mass is 35.5. The van der Waals surface area contributed by atoms with E-state index in [-0.39, 0.29) is 24.4 Å². The fraction of sp³-hybridized carbons (Fsp3) is 0.320. The number of benzene rings is 1. The van der Waals surface area contributed by atoms with Crippen molar-refractivity contribution in [2.24, 2.45) is 5.73 Å². The van der Waals surface area contributed by atoms with Crippen LogP contribution in [0.1, 0.15) is 40.9 Å². The predicted molar refractivity (Wildman–Crippen MR) is 133 cm³/mol. The van der Waals surface area contributed by atoms with Crippen LogP contribution in [0.2, 0.25) is 0 Å². The molecule has 1 aromatic carbocycles. The third-order valence-electron chi connectivity index (χ3n) is 5.87. The number of ketones is 1.